The third kappa shape index (κ3) is 3.19. The van der Waals surface area contributed by atoms with Crippen molar-refractivity contribution in [3.8, 4) is 0 Å². The SMILES string of the molecule is O.O=C(O)C(Cl)c1cccc([N+](=O)[O-])c1. The van der Waals surface area contributed by atoms with Gasteiger partial charge in [-0.2, -0.15) is 0 Å². The third-order valence-corrected chi connectivity index (χ3v) is 2.03. The van der Waals surface area contributed by atoms with Crippen LogP contribution in [-0.2, 0) is 4.79 Å². The molecule has 0 fully saturated rings. The van der Waals surface area contributed by atoms with Gasteiger partial charge in [-0.15, -0.1) is 11.6 Å². The molecule has 0 aromatic heterocycles. The predicted molar refractivity (Wildman–Crippen MR) is 52.9 cm³/mol. The first kappa shape index (κ1) is 13.3. The lowest BCUT2D eigenvalue weighted by molar-refractivity contribution is -0.384. The largest absolute Gasteiger partial charge is 0.480 e. The fourth-order valence-corrected chi connectivity index (χ4v) is 1.07. The molecule has 82 valence electrons. The molecule has 7 heteroatoms. The van der Waals surface area contributed by atoms with E-state index in [4.69, 9.17) is 16.7 Å². The van der Waals surface area contributed by atoms with E-state index in [2.05, 4.69) is 0 Å². The summed E-state index contributed by atoms with van der Waals surface area (Å²) in [5, 5.41) is 17.7. The van der Waals surface area contributed by atoms with Crippen molar-refractivity contribution in [2.24, 2.45) is 0 Å². The molecule has 0 saturated heterocycles. The molecule has 1 rings (SSSR count). The number of nitro benzene ring substituents is 1. The van der Waals surface area contributed by atoms with Crippen LogP contribution in [0.25, 0.3) is 0 Å². The van der Waals surface area contributed by atoms with Crippen LogP contribution in [0.15, 0.2) is 24.3 Å². The third-order valence-electron chi connectivity index (χ3n) is 1.59. The fraction of sp³-hybridized carbons (Fsp3) is 0.125. The van der Waals surface area contributed by atoms with Gasteiger partial charge in [0.2, 0.25) is 0 Å². The monoisotopic (exact) mass is 233 g/mol. The number of hydrogen-bond acceptors (Lipinski definition) is 3. The standard InChI is InChI=1S/C8H6ClNO4.H2O/c9-7(8(11)12)5-2-1-3-6(4-5)10(13)14;/h1-4,7H,(H,11,12);1H2. The average Bonchev–Trinajstić information content (AvgIpc) is 2.16. The normalized spacial score (nSPS) is 11.3. The van der Waals surface area contributed by atoms with Crippen molar-refractivity contribution >= 4 is 23.3 Å². The maximum absolute atomic E-state index is 10.5. The van der Waals surface area contributed by atoms with Crippen molar-refractivity contribution in [2.45, 2.75) is 5.38 Å². The van der Waals surface area contributed by atoms with E-state index in [1.807, 2.05) is 0 Å². The molecule has 1 atom stereocenters. The zero-order valence-electron chi connectivity index (χ0n) is 7.38. The Kier molecular flexibility index (Phi) is 4.69. The molecule has 6 nitrogen and oxygen atoms in total. The van der Waals surface area contributed by atoms with E-state index in [0.29, 0.717) is 0 Å². The summed E-state index contributed by atoms with van der Waals surface area (Å²) in [6.45, 7) is 0. The van der Waals surface area contributed by atoms with Crippen molar-refractivity contribution in [3.63, 3.8) is 0 Å². The van der Waals surface area contributed by atoms with Gasteiger partial charge in [-0.25, -0.2) is 0 Å². The van der Waals surface area contributed by atoms with Gasteiger partial charge in [-0.05, 0) is 5.56 Å². The van der Waals surface area contributed by atoms with E-state index in [1.165, 1.54) is 18.2 Å². The molecule has 0 aliphatic rings. The van der Waals surface area contributed by atoms with Gasteiger partial charge in [-0.1, -0.05) is 12.1 Å². The lowest BCUT2D eigenvalue weighted by atomic mass is 10.1. The summed E-state index contributed by atoms with van der Waals surface area (Å²) in [6.07, 6.45) is 0. The maximum Gasteiger partial charge on any atom is 0.326 e. The lowest BCUT2D eigenvalue weighted by Crippen LogP contribution is -2.05. The number of carboxylic acid groups (broad SMARTS) is 1. The molecule has 1 aromatic carbocycles. The van der Waals surface area contributed by atoms with E-state index in [1.54, 1.807) is 0 Å². The molecule has 1 unspecified atom stereocenters. The molecular weight excluding hydrogens is 226 g/mol. The smallest absolute Gasteiger partial charge is 0.326 e. The molecule has 0 spiro atoms. The summed E-state index contributed by atoms with van der Waals surface area (Å²) >= 11 is 5.50. The Morgan fingerprint density at radius 2 is 2.13 bits per heavy atom. The Bertz CT molecular complexity index is 381. The molecule has 0 aliphatic heterocycles. The highest BCUT2D eigenvalue weighted by molar-refractivity contribution is 6.29. The Morgan fingerprint density at radius 3 is 2.60 bits per heavy atom. The molecule has 0 aliphatic carbocycles. The molecule has 3 N–H and O–H groups in total. The minimum atomic E-state index is -1.25. The van der Waals surface area contributed by atoms with Gasteiger partial charge in [0.05, 0.1) is 4.92 Å². The number of aliphatic carboxylic acids is 1. The van der Waals surface area contributed by atoms with Gasteiger partial charge in [-0.3, -0.25) is 14.9 Å². The van der Waals surface area contributed by atoms with E-state index < -0.39 is 16.3 Å². The second kappa shape index (κ2) is 5.28. The number of non-ortho nitro benzene ring substituents is 1. The van der Waals surface area contributed by atoms with Crippen molar-refractivity contribution in [3.05, 3.63) is 39.9 Å². The van der Waals surface area contributed by atoms with E-state index in [0.717, 1.165) is 6.07 Å². The summed E-state index contributed by atoms with van der Waals surface area (Å²) in [5.41, 5.74) is 0.0303. The van der Waals surface area contributed by atoms with Crippen LogP contribution >= 0.6 is 11.6 Å². The van der Waals surface area contributed by atoms with Gasteiger partial charge in [0.1, 0.15) is 0 Å². The van der Waals surface area contributed by atoms with Crippen LogP contribution in [0.4, 0.5) is 5.69 Å². The first-order valence-corrected chi connectivity index (χ1v) is 4.07. The molecule has 0 bridgehead atoms. The number of nitrogens with zero attached hydrogens (tertiary/aromatic N) is 1. The average molecular weight is 234 g/mol. The van der Waals surface area contributed by atoms with Gasteiger partial charge in [0, 0.05) is 12.1 Å². The van der Waals surface area contributed by atoms with Gasteiger partial charge in [0.15, 0.2) is 5.38 Å². The van der Waals surface area contributed by atoms with E-state index in [9.17, 15) is 14.9 Å². The number of nitro groups is 1. The topological polar surface area (TPSA) is 112 Å². The van der Waals surface area contributed by atoms with Crippen molar-refractivity contribution in [1.82, 2.24) is 0 Å². The second-order valence-corrected chi connectivity index (χ2v) is 2.99. The Hall–Kier alpha value is -1.66. The zero-order chi connectivity index (χ0) is 10.7. The first-order valence-electron chi connectivity index (χ1n) is 3.63. The highest BCUT2D eigenvalue weighted by Crippen LogP contribution is 2.24. The number of rotatable bonds is 3. The van der Waals surface area contributed by atoms with Crippen LogP contribution in [0.1, 0.15) is 10.9 Å². The van der Waals surface area contributed by atoms with Crippen LogP contribution < -0.4 is 0 Å². The van der Waals surface area contributed by atoms with Crippen molar-refractivity contribution < 1.29 is 20.3 Å². The summed E-state index contributed by atoms with van der Waals surface area (Å²) in [7, 11) is 0. The second-order valence-electron chi connectivity index (χ2n) is 2.55. The summed E-state index contributed by atoms with van der Waals surface area (Å²) < 4.78 is 0. The highest BCUT2D eigenvalue weighted by atomic mass is 35.5. The molecule has 15 heavy (non-hydrogen) atoms. The number of carbonyl (C=O) groups is 1. The number of carboxylic acids is 1. The van der Waals surface area contributed by atoms with Gasteiger partial charge < -0.3 is 10.6 Å². The van der Waals surface area contributed by atoms with Crippen LogP contribution in [-0.4, -0.2) is 21.5 Å². The lowest BCUT2D eigenvalue weighted by Gasteiger charge is -2.03. The van der Waals surface area contributed by atoms with Crippen LogP contribution in [0.2, 0.25) is 0 Å². The molecule has 0 radical (unpaired) electrons. The Balaban J connectivity index is 0.00000196. The minimum absolute atomic E-state index is 0. The van der Waals surface area contributed by atoms with Crippen molar-refractivity contribution in [1.29, 1.82) is 0 Å². The molecule has 0 saturated carbocycles. The minimum Gasteiger partial charge on any atom is -0.480 e. The first-order chi connectivity index (χ1) is 6.52. The van der Waals surface area contributed by atoms with E-state index in [-0.39, 0.29) is 16.7 Å². The van der Waals surface area contributed by atoms with Crippen LogP contribution in [0.3, 0.4) is 0 Å². The quantitative estimate of drug-likeness (QED) is 0.479. The summed E-state index contributed by atoms with van der Waals surface area (Å²) in [5.74, 6) is -1.23. The van der Waals surface area contributed by atoms with Gasteiger partial charge in [0.25, 0.3) is 5.69 Å². The predicted octanol–water partition coefficient (Wildman–Crippen LogP) is 1.13. The van der Waals surface area contributed by atoms with Crippen LogP contribution in [0.5, 0.6) is 0 Å². The van der Waals surface area contributed by atoms with E-state index >= 15 is 0 Å². The number of alkyl halides is 1. The van der Waals surface area contributed by atoms with Crippen molar-refractivity contribution in [2.75, 3.05) is 0 Å². The molecule has 0 heterocycles. The Labute approximate surface area is 89.6 Å². The highest BCUT2D eigenvalue weighted by Gasteiger charge is 2.18. The number of halogens is 1. The fourth-order valence-electron chi connectivity index (χ4n) is 0.939. The van der Waals surface area contributed by atoms with Crippen LogP contribution in [0, 0.1) is 10.1 Å². The molecule has 1 aromatic rings. The zero-order valence-corrected chi connectivity index (χ0v) is 8.14. The Morgan fingerprint density at radius 1 is 1.53 bits per heavy atom. The molecular formula is C8H8ClNO5. The number of benzene rings is 1. The summed E-state index contributed by atoms with van der Waals surface area (Å²) in [6, 6.07) is 5.24. The molecule has 0 amide bonds. The number of hydrogen-bond donors (Lipinski definition) is 1. The van der Waals surface area contributed by atoms with Gasteiger partial charge >= 0.3 is 5.97 Å². The maximum atomic E-state index is 10.5. The summed E-state index contributed by atoms with van der Waals surface area (Å²) in [4.78, 5) is 20.2.